The maximum absolute atomic E-state index is 13.9. The van der Waals surface area contributed by atoms with Gasteiger partial charge in [0.1, 0.15) is 17.4 Å². The standard InChI is InChI=1S/C15H13F2NO2/c1-18-15(19)12-5-3-9(7-13(12)16)11-6-4-10(20-2)8-14(11)17/h3-8H,1-2H3,(H,18,19). The molecule has 0 unspecified atom stereocenters. The molecule has 0 aliphatic rings. The molecule has 0 atom stereocenters. The summed E-state index contributed by atoms with van der Waals surface area (Å²) in [5, 5.41) is 2.34. The molecule has 2 rings (SSSR count). The Labute approximate surface area is 115 Å². The highest BCUT2D eigenvalue weighted by Crippen LogP contribution is 2.27. The molecule has 0 saturated heterocycles. The van der Waals surface area contributed by atoms with Crippen molar-refractivity contribution in [1.29, 1.82) is 0 Å². The molecule has 20 heavy (non-hydrogen) atoms. The van der Waals surface area contributed by atoms with E-state index in [1.54, 1.807) is 6.07 Å². The first-order valence-corrected chi connectivity index (χ1v) is 5.92. The lowest BCUT2D eigenvalue weighted by Gasteiger charge is -2.08. The van der Waals surface area contributed by atoms with Gasteiger partial charge in [-0.2, -0.15) is 0 Å². The third kappa shape index (κ3) is 2.61. The number of amides is 1. The largest absolute Gasteiger partial charge is 0.497 e. The summed E-state index contributed by atoms with van der Waals surface area (Å²) in [5.74, 6) is -1.36. The van der Waals surface area contributed by atoms with Gasteiger partial charge in [-0.25, -0.2) is 8.78 Å². The normalized spacial score (nSPS) is 10.2. The van der Waals surface area contributed by atoms with Gasteiger partial charge in [0.05, 0.1) is 12.7 Å². The van der Waals surface area contributed by atoms with Crippen LogP contribution in [-0.4, -0.2) is 20.1 Å². The number of nitrogens with one attached hydrogen (secondary N) is 1. The fourth-order valence-corrected chi connectivity index (χ4v) is 1.86. The van der Waals surface area contributed by atoms with Crippen molar-refractivity contribution in [1.82, 2.24) is 5.32 Å². The van der Waals surface area contributed by atoms with Crippen LogP contribution in [0.1, 0.15) is 10.4 Å². The molecule has 1 N–H and O–H groups in total. The number of hydrogen-bond acceptors (Lipinski definition) is 2. The quantitative estimate of drug-likeness (QED) is 0.936. The second kappa shape index (κ2) is 5.69. The van der Waals surface area contributed by atoms with Crippen molar-refractivity contribution in [2.45, 2.75) is 0 Å². The van der Waals surface area contributed by atoms with Gasteiger partial charge in [0.2, 0.25) is 0 Å². The van der Waals surface area contributed by atoms with Crippen LogP contribution in [0, 0.1) is 11.6 Å². The molecule has 1 amide bonds. The minimum Gasteiger partial charge on any atom is -0.497 e. The van der Waals surface area contributed by atoms with Gasteiger partial charge >= 0.3 is 0 Å². The van der Waals surface area contributed by atoms with Crippen LogP contribution in [0.15, 0.2) is 36.4 Å². The fraction of sp³-hybridized carbons (Fsp3) is 0.133. The van der Waals surface area contributed by atoms with Crippen LogP contribution in [-0.2, 0) is 0 Å². The lowest BCUT2D eigenvalue weighted by Crippen LogP contribution is -2.19. The number of methoxy groups -OCH3 is 1. The molecule has 0 heterocycles. The number of benzene rings is 2. The van der Waals surface area contributed by atoms with E-state index in [2.05, 4.69) is 5.32 Å². The van der Waals surface area contributed by atoms with Crippen LogP contribution in [0.4, 0.5) is 8.78 Å². The van der Waals surface area contributed by atoms with E-state index in [9.17, 15) is 13.6 Å². The van der Waals surface area contributed by atoms with Gasteiger partial charge in [0.15, 0.2) is 0 Å². The minimum atomic E-state index is -0.697. The first-order valence-electron chi connectivity index (χ1n) is 5.92. The molecule has 0 fully saturated rings. The molecule has 2 aromatic carbocycles. The van der Waals surface area contributed by atoms with E-state index in [4.69, 9.17) is 4.74 Å². The number of hydrogen-bond donors (Lipinski definition) is 1. The lowest BCUT2D eigenvalue weighted by atomic mass is 10.0. The summed E-state index contributed by atoms with van der Waals surface area (Å²) in [6, 6.07) is 8.27. The zero-order valence-corrected chi connectivity index (χ0v) is 11.0. The summed E-state index contributed by atoms with van der Waals surface area (Å²) in [6.07, 6.45) is 0. The summed E-state index contributed by atoms with van der Waals surface area (Å²) in [5.41, 5.74) is 0.522. The molecule has 0 aromatic heterocycles. The van der Waals surface area contributed by atoms with Crippen molar-refractivity contribution >= 4 is 5.91 Å². The lowest BCUT2D eigenvalue weighted by molar-refractivity contribution is 0.0959. The number of rotatable bonds is 3. The van der Waals surface area contributed by atoms with Gasteiger partial charge in [0.25, 0.3) is 5.91 Å². The van der Waals surface area contributed by atoms with Crippen molar-refractivity contribution < 1.29 is 18.3 Å². The van der Waals surface area contributed by atoms with Gasteiger partial charge in [-0.05, 0) is 29.8 Å². The average molecular weight is 277 g/mol. The third-order valence-electron chi connectivity index (χ3n) is 2.93. The highest BCUT2D eigenvalue weighted by molar-refractivity contribution is 5.94. The van der Waals surface area contributed by atoms with E-state index in [0.29, 0.717) is 11.3 Å². The Balaban J connectivity index is 2.44. The molecule has 2 aromatic rings. The summed E-state index contributed by atoms with van der Waals surface area (Å²) in [7, 11) is 2.85. The zero-order chi connectivity index (χ0) is 14.7. The van der Waals surface area contributed by atoms with Crippen LogP contribution in [0.3, 0.4) is 0 Å². The molecule has 104 valence electrons. The number of halogens is 2. The molecule has 0 aliphatic heterocycles. The summed E-state index contributed by atoms with van der Waals surface area (Å²) < 4.78 is 32.6. The number of carbonyl (C=O) groups is 1. The van der Waals surface area contributed by atoms with Crippen molar-refractivity contribution in [3.8, 4) is 16.9 Å². The predicted molar refractivity (Wildman–Crippen MR) is 71.7 cm³/mol. The van der Waals surface area contributed by atoms with E-state index in [1.807, 2.05) is 0 Å². The Morgan fingerprint density at radius 1 is 1.10 bits per heavy atom. The maximum Gasteiger partial charge on any atom is 0.253 e. The molecule has 0 radical (unpaired) electrons. The third-order valence-corrected chi connectivity index (χ3v) is 2.93. The van der Waals surface area contributed by atoms with Crippen LogP contribution >= 0.6 is 0 Å². The van der Waals surface area contributed by atoms with E-state index in [0.717, 1.165) is 6.07 Å². The maximum atomic E-state index is 13.9. The molecular formula is C15H13F2NO2. The first kappa shape index (κ1) is 14.0. The Bertz CT molecular complexity index is 656. The minimum absolute atomic E-state index is 0.0785. The smallest absolute Gasteiger partial charge is 0.253 e. The molecule has 0 aliphatic carbocycles. The van der Waals surface area contributed by atoms with Crippen molar-refractivity contribution in [2.24, 2.45) is 0 Å². The molecular weight excluding hydrogens is 264 g/mol. The average Bonchev–Trinajstić information content (AvgIpc) is 2.46. The number of carbonyl (C=O) groups excluding carboxylic acids is 1. The van der Waals surface area contributed by atoms with Gasteiger partial charge in [-0.3, -0.25) is 4.79 Å². The SMILES string of the molecule is CNC(=O)c1ccc(-c2ccc(OC)cc2F)cc1F. The van der Waals surface area contributed by atoms with E-state index in [-0.39, 0.29) is 11.1 Å². The summed E-state index contributed by atoms with van der Waals surface area (Å²) >= 11 is 0. The number of ether oxygens (including phenoxy) is 1. The highest BCUT2D eigenvalue weighted by Gasteiger charge is 2.13. The van der Waals surface area contributed by atoms with Crippen LogP contribution in [0.5, 0.6) is 5.75 Å². The van der Waals surface area contributed by atoms with Crippen molar-refractivity contribution in [2.75, 3.05) is 14.2 Å². The summed E-state index contributed by atoms with van der Waals surface area (Å²) in [6.45, 7) is 0. The molecule has 0 saturated carbocycles. The summed E-state index contributed by atoms with van der Waals surface area (Å²) in [4.78, 5) is 11.4. The molecule has 0 bridgehead atoms. The van der Waals surface area contributed by atoms with Crippen LogP contribution in [0.2, 0.25) is 0 Å². The molecule has 0 spiro atoms. The first-order chi connectivity index (χ1) is 9.56. The molecule has 3 nitrogen and oxygen atoms in total. The van der Waals surface area contributed by atoms with Crippen molar-refractivity contribution in [3.63, 3.8) is 0 Å². The van der Waals surface area contributed by atoms with Crippen LogP contribution < -0.4 is 10.1 Å². The Morgan fingerprint density at radius 2 is 1.85 bits per heavy atom. The van der Waals surface area contributed by atoms with Gasteiger partial charge in [-0.1, -0.05) is 6.07 Å². The highest BCUT2D eigenvalue weighted by atomic mass is 19.1. The second-order valence-electron chi connectivity index (χ2n) is 4.12. The van der Waals surface area contributed by atoms with Crippen molar-refractivity contribution in [3.05, 3.63) is 53.6 Å². The van der Waals surface area contributed by atoms with Gasteiger partial charge < -0.3 is 10.1 Å². The zero-order valence-electron chi connectivity index (χ0n) is 11.0. The van der Waals surface area contributed by atoms with E-state index >= 15 is 0 Å². The van der Waals surface area contributed by atoms with E-state index < -0.39 is 17.5 Å². The van der Waals surface area contributed by atoms with Crippen LogP contribution in [0.25, 0.3) is 11.1 Å². The fourth-order valence-electron chi connectivity index (χ4n) is 1.86. The Hall–Kier alpha value is -2.43. The van der Waals surface area contributed by atoms with E-state index in [1.165, 1.54) is 38.4 Å². The Morgan fingerprint density at radius 3 is 2.40 bits per heavy atom. The molecule has 5 heteroatoms. The second-order valence-corrected chi connectivity index (χ2v) is 4.12. The van der Waals surface area contributed by atoms with Gasteiger partial charge in [-0.15, -0.1) is 0 Å². The monoisotopic (exact) mass is 277 g/mol. The van der Waals surface area contributed by atoms with Gasteiger partial charge in [0, 0.05) is 18.7 Å². The predicted octanol–water partition coefficient (Wildman–Crippen LogP) is 3.00. The Kier molecular flexibility index (Phi) is 3.98. The topological polar surface area (TPSA) is 38.3 Å².